The summed E-state index contributed by atoms with van der Waals surface area (Å²) in [4.78, 5) is 4.27. The maximum atomic E-state index is 6.20. The average molecular weight is 258 g/mol. The van der Waals surface area contributed by atoms with Crippen LogP contribution in [0.15, 0.2) is 48.8 Å². The molecule has 0 saturated heterocycles. The van der Waals surface area contributed by atoms with Crippen LogP contribution in [0.1, 0.15) is 5.56 Å². The molecule has 0 saturated carbocycles. The number of rotatable bonds is 2. The molecule has 3 nitrogen and oxygen atoms in total. The molecule has 0 bridgehead atoms. The highest BCUT2D eigenvalue weighted by atomic mass is 35.5. The Labute approximate surface area is 110 Å². The fourth-order valence-corrected chi connectivity index (χ4v) is 2.31. The van der Waals surface area contributed by atoms with E-state index >= 15 is 0 Å². The lowest BCUT2D eigenvalue weighted by Crippen LogP contribution is -1.97. The van der Waals surface area contributed by atoms with Crippen molar-refractivity contribution in [1.29, 1.82) is 0 Å². The molecule has 0 aliphatic rings. The number of nitrogens with two attached hydrogens (primary N) is 1. The van der Waals surface area contributed by atoms with Crippen molar-refractivity contribution in [2.24, 2.45) is 5.73 Å². The molecule has 4 heteroatoms. The molecule has 0 spiro atoms. The zero-order valence-electron chi connectivity index (χ0n) is 9.68. The zero-order chi connectivity index (χ0) is 12.5. The Morgan fingerprint density at radius 3 is 2.89 bits per heavy atom. The summed E-state index contributed by atoms with van der Waals surface area (Å²) >= 11 is 6.20. The van der Waals surface area contributed by atoms with Gasteiger partial charge in [-0.15, -0.1) is 0 Å². The highest BCUT2D eigenvalue weighted by molar-refractivity contribution is 6.31. The van der Waals surface area contributed by atoms with E-state index < -0.39 is 0 Å². The third-order valence-corrected chi connectivity index (χ3v) is 3.35. The number of nitrogens with zero attached hydrogens (tertiary/aromatic N) is 2. The van der Waals surface area contributed by atoms with E-state index in [9.17, 15) is 0 Å². The van der Waals surface area contributed by atoms with Crippen LogP contribution in [0, 0.1) is 0 Å². The topological polar surface area (TPSA) is 43.3 Å². The molecule has 0 fully saturated rings. The Morgan fingerprint density at radius 2 is 2.11 bits per heavy atom. The zero-order valence-corrected chi connectivity index (χ0v) is 10.4. The Morgan fingerprint density at radius 1 is 1.22 bits per heavy atom. The maximum absolute atomic E-state index is 6.20. The molecular weight excluding hydrogens is 246 g/mol. The fraction of sp³-hybridized carbons (Fsp3) is 0.0714. The van der Waals surface area contributed by atoms with Gasteiger partial charge in [-0.2, -0.15) is 0 Å². The second-order valence-electron chi connectivity index (χ2n) is 4.08. The van der Waals surface area contributed by atoms with Gasteiger partial charge >= 0.3 is 0 Å². The van der Waals surface area contributed by atoms with Gasteiger partial charge in [-0.1, -0.05) is 29.8 Å². The van der Waals surface area contributed by atoms with Crippen LogP contribution in [0.5, 0.6) is 0 Å². The summed E-state index contributed by atoms with van der Waals surface area (Å²) in [5.41, 5.74) is 9.61. The lowest BCUT2D eigenvalue weighted by molar-refractivity contribution is 1.07. The van der Waals surface area contributed by atoms with Crippen LogP contribution in [-0.4, -0.2) is 9.38 Å². The monoisotopic (exact) mass is 257 g/mol. The van der Waals surface area contributed by atoms with Crippen LogP contribution in [0.4, 0.5) is 0 Å². The first-order valence-electron chi connectivity index (χ1n) is 5.70. The Bertz CT molecular complexity index is 703. The van der Waals surface area contributed by atoms with Crippen LogP contribution in [0.2, 0.25) is 5.02 Å². The van der Waals surface area contributed by atoms with Crippen LogP contribution in [0.25, 0.3) is 16.9 Å². The summed E-state index contributed by atoms with van der Waals surface area (Å²) < 4.78 is 2.04. The van der Waals surface area contributed by atoms with Gasteiger partial charge in [0.1, 0.15) is 5.65 Å². The van der Waals surface area contributed by atoms with Crippen molar-refractivity contribution in [2.75, 3.05) is 0 Å². The summed E-state index contributed by atoms with van der Waals surface area (Å²) in [7, 11) is 0. The van der Waals surface area contributed by atoms with Crippen LogP contribution in [0.3, 0.4) is 0 Å². The smallest absolute Gasteiger partial charge is 0.137 e. The predicted octanol–water partition coefficient (Wildman–Crippen LogP) is 3.11. The van der Waals surface area contributed by atoms with E-state index in [4.69, 9.17) is 17.3 Å². The van der Waals surface area contributed by atoms with E-state index in [0.29, 0.717) is 11.6 Å². The number of halogens is 1. The number of benzene rings is 1. The predicted molar refractivity (Wildman–Crippen MR) is 73.5 cm³/mol. The van der Waals surface area contributed by atoms with Gasteiger partial charge in [0.05, 0.1) is 5.69 Å². The van der Waals surface area contributed by atoms with E-state index in [0.717, 1.165) is 22.5 Å². The number of pyridine rings is 1. The molecular formula is C14H12ClN3. The van der Waals surface area contributed by atoms with Crippen LogP contribution < -0.4 is 5.73 Å². The van der Waals surface area contributed by atoms with Crippen LogP contribution >= 0.6 is 11.6 Å². The first-order valence-corrected chi connectivity index (χ1v) is 6.08. The fourth-order valence-electron chi connectivity index (χ4n) is 2.06. The quantitative estimate of drug-likeness (QED) is 0.767. The number of hydrogen-bond donors (Lipinski definition) is 1. The third kappa shape index (κ3) is 1.78. The number of fused-ring (bicyclic) bond motifs is 1. The summed E-state index contributed by atoms with van der Waals surface area (Å²) in [6.45, 7) is 0.453. The van der Waals surface area contributed by atoms with Crippen molar-refractivity contribution in [1.82, 2.24) is 9.38 Å². The van der Waals surface area contributed by atoms with Crippen molar-refractivity contribution < 1.29 is 0 Å². The molecule has 18 heavy (non-hydrogen) atoms. The minimum Gasteiger partial charge on any atom is -0.326 e. The molecule has 3 aromatic rings. The van der Waals surface area contributed by atoms with Gasteiger partial charge in [-0.25, -0.2) is 4.98 Å². The Kier molecular flexibility index (Phi) is 2.78. The summed E-state index contributed by atoms with van der Waals surface area (Å²) in [5, 5.41) is 0.701. The molecule has 0 unspecified atom stereocenters. The first-order chi connectivity index (χ1) is 8.79. The summed E-state index contributed by atoms with van der Waals surface area (Å²) in [6, 6.07) is 11.9. The summed E-state index contributed by atoms with van der Waals surface area (Å²) in [6.07, 6.45) is 3.73. The first kappa shape index (κ1) is 11.3. The van der Waals surface area contributed by atoms with Gasteiger partial charge in [0.25, 0.3) is 0 Å². The molecule has 2 heterocycles. The minimum absolute atomic E-state index is 0.453. The van der Waals surface area contributed by atoms with Gasteiger partial charge in [0.15, 0.2) is 0 Å². The van der Waals surface area contributed by atoms with Gasteiger partial charge in [0.2, 0.25) is 0 Å². The second-order valence-corrected chi connectivity index (χ2v) is 4.48. The normalized spacial score (nSPS) is 11.0. The molecule has 2 aromatic heterocycles. The highest BCUT2D eigenvalue weighted by Crippen LogP contribution is 2.26. The summed E-state index contributed by atoms with van der Waals surface area (Å²) in [5.74, 6) is 0. The van der Waals surface area contributed by atoms with Crippen molar-refractivity contribution >= 4 is 17.2 Å². The molecule has 0 atom stereocenters. The van der Waals surface area contributed by atoms with Gasteiger partial charge in [0, 0.05) is 29.5 Å². The second kappa shape index (κ2) is 4.44. The van der Waals surface area contributed by atoms with Crippen LogP contribution in [-0.2, 0) is 6.54 Å². The average Bonchev–Trinajstić information content (AvgIpc) is 2.86. The number of aromatic nitrogens is 2. The molecule has 90 valence electrons. The van der Waals surface area contributed by atoms with Gasteiger partial charge < -0.3 is 5.73 Å². The van der Waals surface area contributed by atoms with E-state index in [-0.39, 0.29) is 0 Å². The highest BCUT2D eigenvalue weighted by Gasteiger charge is 2.06. The van der Waals surface area contributed by atoms with E-state index in [1.807, 2.05) is 47.0 Å². The number of imidazole rings is 1. The van der Waals surface area contributed by atoms with E-state index in [1.165, 1.54) is 0 Å². The SMILES string of the molecule is NCc1ccc(-c2cccc3nccn23)cc1Cl. The standard InChI is InChI=1S/C14H12ClN3/c15-12-8-10(4-5-11(12)9-16)13-2-1-3-14-17-6-7-18(13)14/h1-8H,9,16H2. The molecule has 0 aliphatic heterocycles. The van der Waals surface area contributed by atoms with Gasteiger partial charge in [-0.3, -0.25) is 4.40 Å². The molecule has 0 radical (unpaired) electrons. The Hall–Kier alpha value is -1.84. The third-order valence-electron chi connectivity index (χ3n) is 3.00. The van der Waals surface area contributed by atoms with Crippen molar-refractivity contribution in [3.05, 3.63) is 59.4 Å². The largest absolute Gasteiger partial charge is 0.326 e. The Balaban J connectivity index is 2.20. The lowest BCUT2D eigenvalue weighted by atomic mass is 10.1. The van der Waals surface area contributed by atoms with Crippen molar-refractivity contribution in [3.63, 3.8) is 0 Å². The van der Waals surface area contributed by atoms with E-state index in [1.54, 1.807) is 6.20 Å². The molecule has 3 rings (SSSR count). The molecule has 2 N–H and O–H groups in total. The van der Waals surface area contributed by atoms with Crippen molar-refractivity contribution in [2.45, 2.75) is 6.54 Å². The molecule has 0 aliphatic carbocycles. The maximum Gasteiger partial charge on any atom is 0.137 e. The number of hydrogen-bond acceptors (Lipinski definition) is 2. The lowest BCUT2D eigenvalue weighted by Gasteiger charge is -2.08. The minimum atomic E-state index is 0.453. The molecule has 1 aromatic carbocycles. The van der Waals surface area contributed by atoms with Gasteiger partial charge in [-0.05, 0) is 23.8 Å². The van der Waals surface area contributed by atoms with E-state index in [2.05, 4.69) is 4.98 Å². The molecule has 0 amide bonds. The van der Waals surface area contributed by atoms with Crippen molar-refractivity contribution in [3.8, 4) is 11.3 Å².